The van der Waals surface area contributed by atoms with E-state index in [1.807, 2.05) is 12.3 Å². The first-order valence-corrected chi connectivity index (χ1v) is 9.56. The lowest BCUT2D eigenvalue weighted by Crippen LogP contribution is -2.23. The molecule has 1 aliphatic heterocycles. The van der Waals surface area contributed by atoms with Crippen LogP contribution in [0.15, 0.2) is 24.4 Å². The Hall–Kier alpha value is -1.16. The molecule has 0 saturated heterocycles. The maximum atomic E-state index is 6.58. The number of allylic oxidation sites excluding steroid dienone is 1. The molecule has 5 heteroatoms. The van der Waals surface area contributed by atoms with Gasteiger partial charge in [-0.15, -0.1) is 0 Å². The SMILES string of the molecule is CC/C=C/NCCn1c2c(c3cc(Cl)cc(Cl)c31)CCNCCC2. The van der Waals surface area contributed by atoms with E-state index in [1.54, 1.807) is 0 Å². The fourth-order valence-electron chi connectivity index (χ4n) is 3.52. The molecule has 0 saturated carbocycles. The number of rotatable bonds is 5. The molecule has 1 aromatic heterocycles. The predicted octanol–water partition coefficient (Wildman–Crippen LogP) is 4.54. The number of halogens is 2. The van der Waals surface area contributed by atoms with Crippen LogP contribution >= 0.6 is 23.2 Å². The molecule has 1 aliphatic rings. The molecule has 130 valence electrons. The minimum Gasteiger partial charge on any atom is -0.389 e. The van der Waals surface area contributed by atoms with E-state index in [9.17, 15) is 0 Å². The number of hydrogen-bond donors (Lipinski definition) is 2. The van der Waals surface area contributed by atoms with Crippen molar-refractivity contribution in [2.75, 3.05) is 19.6 Å². The number of hydrogen-bond acceptors (Lipinski definition) is 2. The summed E-state index contributed by atoms with van der Waals surface area (Å²) in [6.07, 6.45) is 8.48. The highest BCUT2D eigenvalue weighted by atomic mass is 35.5. The molecule has 0 spiro atoms. The van der Waals surface area contributed by atoms with Crippen molar-refractivity contribution in [3.05, 3.63) is 45.7 Å². The van der Waals surface area contributed by atoms with E-state index in [1.165, 1.54) is 16.6 Å². The lowest BCUT2D eigenvalue weighted by Gasteiger charge is -2.15. The van der Waals surface area contributed by atoms with Gasteiger partial charge in [-0.3, -0.25) is 0 Å². The van der Waals surface area contributed by atoms with Gasteiger partial charge in [0.2, 0.25) is 0 Å². The van der Waals surface area contributed by atoms with Crippen LogP contribution in [-0.2, 0) is 19.4 Å². The molecular weight excluding hydrogens is 341 g/mol. The summed E-state index contributed by atoms with van der Waals surface area (Å²) >= 11 is 12.9. The smallest absolute Gasteiger partial charge is 0.0676 e. The molecular formula is C19H25Cl2N3. The molecule has 1 aromatic carbocycles. The van der Waals surface area contributed by atoms with Gasteiger partial charge < -0.3 is 15.2 Å². The average molecular weight is 366 g/mol. The van der Waals surface area contributed by atoms with Gasteiger partial charge in [-0.25, -0.2) is 0 Å². The Labute approximate surface area is 154 Å². The zero-order valence-electron chi connectivity index (χ0n) is 14.2. The van der Waals surface area contributed by atoms with Gasteiger partial charge in [0, 0.05) is 29.2 Å². The molecule has 0 amide bonds. The van der Waals surface area contributed by atoms with E-state index in [-0.39, 0.29) is 0 Å². The van der Waals surface area contributed by atoms with Crippen molar-refractivity contribution in [2.24, 2.45) is 0 Å². The maximum Gasteiger partial charge on any atom is 0.0676 e. The van der Waals surface area contributed by atoms with E-state index in [0.717, 1.165) is 62.4 Å². The van der Waals surface area contributed by atoms with Crippen molar-refractivity contribution in [3.63, 3.8) is 0 Å². The maximum absolute atomic E-state index is 6.58. The van der Waals surface area contributed by atoms with Crippen LogP contribution in [0.25, 0.3) is 10.9 Å². The zero-order valence-corrected chi connectivity index (χ0v) is 15.7. The van der Waals surface area contributed by atoms with Gasteiger partial charge in [-0.2, -0.15) is 0 Å². The lowest BCUT2D eigenvalue weighted by molar-refractivity contribution is 0.587. The molecule has 0 aliphatic carbocycles. The quantitative estimate of drug-likeness (QED) is 0.761. The molecule has 3 rings (SSSR count). The molecule has 24 heavy (non-hydrogen) atoms. The number of nitrogens with zero attached hydrogens (tertiary/aromatic N) is 1. The summed E-state index contributed by atoms with van der Waals surface area (Å²) in [5.41, 5.74) is 3.97. The van der Waals surface area contributed by atoms with Gasteiger partial charge >= 0.3 is 0 Å². The van der Waals surface area contributed by atoms with Crippen LogP contribution in [0.5, 0.6) is 0 Å². The minimum absolute atomic E-state index is 0.714. The van der Waals surface area contributed by atoms with Crippen LogP contribution in [0.1, 0.15) is 31.0 Å². The van der Waals surface area contributed by atoms with E-state index >= 15 is 0 Å². The molecule has 2 heterocycles. The van der Waals surface area contributed by atoms with Crippen molar-refractivity contribution in [2.45, 2.75) is 39.2 Å². The molecule has 0 radical (unpaired) electrons. The van der Waals surface area contributed by atoms with Crippen molar-refractivity contribution >= 4 is 34.1 Å². The number of nitrogens with one attached hydrogen (secondary N) is 2. The van der Waals surface area contributed by atoms with E-state index in [0.29, 0.717) is 5.02 Å². The Bertz CT molecular complexity index is 734. The van der Waals surface area contributed by atoms with E-state index < -0.39 is 0 Å². The first kappa shape index (κ1) is 17.7. The molecule has 0 bridgehead atoms. The van der Waals surface area contributed by atoms with Gasteiger partial charge in [0.1, 0.15) is 0 Å². The summed E-state index contributed by atoms with van der Waals surface area (Å²) in [5, 5.41) is 9.56. The second-order valence-corrected chi connectivity index (χ2v) is 7.07. The summed E-state index contributed by atoms with van der Waals surface area (Å²) in [6, 6.07) is 3.93. The summed E-state index contributed by atoms with van der Waals surface area (Å²) in [6.45, 7) is 6.03. The number of aromatic nitrogens is 1. The van der Waals surface area contributed by atoms with E-state index in [2.05, 4.69) is 34.3 Å². The van der Waals surface area contributed by atoms with Gasteiger partial charge in [0.15, 0.2) is 0 Å². The fourth-order valence-corrected chi connectivity index (χ4v) is 4.11. The second kappa shape index (κ2) is 8.28. The van der Waals surface area contributed by atoms with Gasteiger partial charge in [0.25, 0.3) is 0 Å². The molecule has 2 N–H and O–H groups in total. The third-order valence-electron chi connectivity index (χ3n) is 4.57. The Kier molecular flexibility index (Phi) is 6.09. The Morgan fingerprint density at radius 2 is 2.12 bits per heavy atom. The van der Waals surface area contributed by atoms with Gasteiger partial charge in [-0.05, 0) is 62.7 Å². The average Bonchev–Trinajstić information content (AvgIpc) is 2.79. The van der Waals surface area contributed by atoms with Crippen LogP contribution in [0.4, 0.5) is 0 Å². The van der Waals surface area contributed by atoms with Crippen molar-refractivity contribution in [1.82, 2.24) is 15.2 Å². The highest BCUT2D eigenvalue weighted by Crippen LogP contribution is 2.35. The van der Waals surface area contributed by atoms with Crippen LogP contribution in [0.3, 0.4) is 0 Å². The van der Waals surface area contributed by atoms with Crippen molar-refractivity contribution in [1.29, 1.82) is 0 Å². The highest BCUT2D eigenvalue weighted by molar-refractivity contribution is 6.38. The van der Waals surface area contributed by atoms with Crippen LogP contribution < -0.4 is 10.6 Å². The topological polar surface area (TPSA) is 29.0 Å². The van der Waals surface area contributed by atoms with Gasteiger partial charge in [0.05, 0.1) is 10.5 Å². The Morgan fingerprint density at radius 1 is 1.25 bits per heavy atom. The molecule has 0 unspecified atom stereocenters. The summed E-state index contributed by atoms with van der Waals surface area (Å²) in [4.78, 5) is 0. The van der Waals surface area contributed by atoms with Crippen molar-refractivity contribution < 1.29 is 0 Å². The first-order valence-electron chi connectivity index (χ1n) is 8.80. The van der Waals surface area contributed by atoms with Crippen LogP contribution in [-0.4, -0.2) is 24.2 Å². The fraction of sp³-hybridized carbons (Fsp3) is 0.474. The standard InChI is InChI=1S/C19H25Cl2N3/c1-2-3-7-23-10-11-24-18-5-4-8-22-9-6-15(18)16-12-14(20)13-17(21)19(16)24/h3,7,12-13,22-23H,2,4-6,8-11H2,1H3/b7-3+. The largest absolute Gasteiger partial charge is 0.389 e. The summed E-state index contributed by atoms with van der Waals surface area (Å²) in [5.74, 6) is 0. The monoisotopic (exact) mass is 365 g/mol. The highest BCUT2D eigenvalue weighted by Gasteiger charge is 2.20. The zero-order chi connectivity index (χ0) is 16.9. The second-order valence-electron chi connectivity index (χ2n) is 6.23. The Balaban J connectivity index is 2.01. The molecule has 0 atom stereocenters. The number of fused-ring (bicyclic) bond motifs is 3. The summed E-state index contributed by atoms with van der Waals surface area (Å²) in [7, 11) is 0. The third kappa shape index (κ3) is 3.74. The minimum atomic E-state index is 0.714. The van der Waals surface area contributed by atoms with Crippen molar-refractivity contribution in [3.8, 4) is 0 Å². The molecule has 3 nitrogen and oxygen atoms in total. The molecule has 2 aromatic rings. The summed E-state index contributed by atoms with van der Waals surface area (Å²) < 4.78 is 2.40. The number of benzene rings is 1. The third-order valence-corrected chi connectivity index (χ3v) is 5.07. The first-order chi connectivity index (χ1) is 11.7. The van der Waals surface area contributed by atoms with Crippen LogP contribution in [0.2, 0.25) is 10.0 Å². The van der Waals surface area contributed by atoms with Crippen LogP contribution in [0, 0.1) is 0 Å². The normalized spacial score (nSPS) is 15.5. The lowest BCUT2D eigenvalue weighted by atomic mass is 10.0. The van der Waals surface area contributed by atoms with E-state index in [4.69, 9.17) is 23.2 Å². The molecule has 0 fully saturated rings. The predicted molar refractivity (Wildman–Crippen MR) is 104 cm³/mol. The van der Waals surface area contributed by atoms with Gasteiger partial charge in [-0.1, -0.05) is 36.2 Å². The Morgan fingerprint density at radius 3 is 2.96 bits per heavy atom.